The molecule has 6 nitrogen and oxygen atoms in total. The maximum absolute atomic E-state index is 12.3. The van der Waals surface area contributed by atoms with E-state index in [1.165, 1.54) is 0 Å². The summed E-state index contributed by atoms with van der Waals surface area (Å²) >= 11 is 0. The molecule has 0 aliphatic carbocycles. The van der Waals surface area contributed by atoms with Crippen molar-refractivity contribution < 1.29 is 9.53 Å². The van der Waals surface area contributed by atoms with Crippen molar-refractivity contribution in [3.8, 4) is 17.9 Å². The Hall–Kier alpha value is -3.38. The fourth-order valence-electron chi connectivity index (χ4n) is 2.78. The van der Waals surface area contributed by atoms with E-state index in [0.29, 0.717) is 42.8 Å². The van der Waals surface area contributed by atoms with Crippen molar-refractivity contribution >= 4 is 11.8 Å². The normalized spacial score (nSPS) is 14.4. The van der Waals surface area contributed by atoms with E-state index in [1.807, 2.05) is 18.2 Å². The van der Waals surface area contributed by atoms with Crippen LogP contribution in [0.2, 0.25) is 0 Å². The number of hydrogen-bond acceptors (Lipinski definition) is 6. The van der Waals surface area contributed by atoms with E-state index in [-0.39, 0.29) is 11.9 Å². The predicted molar refractivity (Wildman–Crippen MR) is 90.7 cm³/mol. The average Bonchev–Trinajstić information content (AvgIpc) is 2.69. The average molecular weight is 332 g/mol. The largest absolute Gasteiger partial charge is 0.426 e. The molecule has 0 saturated carbocycles. The van der Waals surface area contributed by atoms with Crippen molar-refractivity contribution in [2.45, 2.75) is 12.8 Å². The lowest BCUT2D eigenvalue weighted by Gasteiger charge is -2.31. The first-order valence-corrected chi connectivity index (χ1v) is 8.02. The fourth-order valence-corrected chi connectivity index (χ4v) is 2.78. The molecule has 1 aliphatic rings. The van der Waals surface area contributed by atoms with Crippen LogP contribution in [-0.2, 0) is 4.79 Å². The molecule has 1 fully saturated rings. The van der Waals surface area contributed by atoms with E-state index in [1.54, 1.807) is 36.5 Å². The number of carbonyl (C=O) groups excluding carboxylic acids is 1. The van der Waals surface area contributed by atoms with Crippen LogP contribution in [0.25, 0.3) is 0 Å². The van der Waals surface area contributed by atoms with E-state index >= 15 is 0 Å². The molecule has 0 spiro atoms. The number of ether oxygens (including phenoxy) is 1. The zero-order valence-electron chi connectivity index (χ0n) is 13.6. The number of anilines is 1. The van der Waals surface area contributed by atoms with Crippen LogP contribution in [0.15, 0.2) is 42.6 Å². The van der Waals surface area contributed by atoms with Crippen LogP contribution in [-0.4, -0.2) is 24.0 Å². The van der Waals surface area contributed by atoms with Crippen LogP contribution in [0.1, 0.15) is 24.0 Å². The summed E-state index contributed by atoms with van der Waals surface area (Å²) in [7, 11) is 0. The number of esters is 1. The lowest BCUT2D eigenvalue weighted by molar-refractivity contribution is -0.139. The maximum atomic E-state index is 12.3. The second kappa shape index (κ2) is 7.46. The highest BCUT2D eigenvalue weighted by Gasteiger charge is 2.27. The van der Waals surface area contributed by atoms with Gasteiger partial charge in [0.05, 0.1) is 23.1 Å². The van der Waals surface area contributed by atoms with Crippen LogP contribution in [0.5, 0.6) is 5.75 Å². The van der Waals surface area contributed by atoms with Gasteiger partial charge in [0.25, 0.3) is 0 Å². The molecule has 1 aromatic heterocycles. The van der Waals surface area contributed by atoms with Gasteiger partial charge in [-0.2, -0.15) is 10.5 Å². The van der Waals surface area contributed by atoms with Crippen molar-refractivity contribution in [2.24, 2.45) is 5.92 Å². The van der Waals surface area contributed by atoms with Gasteiger partial charge in [0.1, 0.15) is 17.6 Å². The van der Waals surface area contributed by atoms with Gasteiger partial charge in [-0.05, 0) is 49.2 Å². The van der Waals surface area contributed by atoms with Gasteiger partial charge in [-0.25, -0.2) is 4.98 Å². The minimum atomic E-state index is -0.239. The topological polar surface area (TPSA) is 90.0 Å². The highest BCUT2D eigenvalue weighted by molar-refractivity contribution is 5.75. The van der Waals surface area contributed by atoms with Crippen LogP contribution >= 0.6 is 0 Å². The molecule has 124 valence electrons. The van der Waals surface area contributed by atoms with E-state index in [9.17, 15) is 4.79 Å². The Kier molecular flexibility index (Phi) is 4.92. The van der Waals surface area contributed by atoms with Crippen molar-refractivity contribution in [3.05, 3.63) is 53.7 Å². The zero-order chi connectivity index (χ0) is 17.6. The number of pyridine rings is 1. The van der Waals surface area contributed by atoms with Crippen LogP contribution in [0.4, 0.5) is 5.82 Å². The second-order valence-electron chi connectivity index (χ2n) is 5.84. The van der Waals surface area contributed by atoms with Crippen LogP contribution in [0, 0.1) is 28.6 Å². The number of benzene rings is 1. The Labute approximate surface area is 145 Å². The molecule has 25 heavy (non-hydrogen) atoms. The molecular weight excluding hydrogens is 316 g/mol. The predicted octanol–water partition coefficient (Wildman–Crippen LogP) is 2.65. The quantitative estimate of drug-likeness (QED) is 0.634. The Morgan fingerprint density at radius 2 is 1.68 bits per heavy atom. The van der Waals surface area contributed by atoms with Gasteiger partial charge in [0.2, 0.25) is 0 Å². The molecule has 0 radical (unpaired) electrons. The Bertz CT molecular complexity index is 824. The second-order valence-corrected chi connectivity index (χ2v) is 5.84. The summed E-state index contributed by atoms with van der Waals surface area (Å²) in [5, 5.41) is 17.6. The van der Waals surface area contributed by atoms with Gasteiger partial charge < -0.3 is 9.64 Å². The molecule has 0 amide bonds. The van der Waals surface area contributed by atoms with Crippen LogP contribution in [0.3, 0.4) is 0 Å². The van der Waals surface area contributed by atoms with Gasteiger partial charge >= 0.3 is 5.97 Å². The summed E-state index contributed by atoms with van der Waals surface area (Å²) in [5.74, 6) is 0.889. The Morgan fingerprint density at radius 3 is 2.24 bits per heavy atom. The standard InChI is InChI=1S/C19H16N4O2/c20-11-14-1-4-17(5-2-14)25-19(24)16-7-9-23(10-8-16)18-6-3-15(12-21)13-22-18/h1-6,13,16H,7-10H2. The Balaban J connectivity index is 1.55. The number of nitriles is 2. The first-order valence-electron chi connectivity index (χ1n) is 8.02. The smallest absolute Gasteiger partial charge is 0.314 e. The molecule has 0 bridgehead atoms. The summed E-state index contributed by atoms with van der Waals surface area (Å²) in [5.41, 5.74) is 1.06. The number of piperidine rings is 1. The molecule has 1 saturated heterocycles. The molecule has 1 aromatic carbocycles. The van der Waals surface area contributed by atoms with Crippen molar-refractivity contribution in [3.63, 3.8) is 0 Å². The minimum Gasteiger partial charge on any atom is -0.426 e. The van der Waals surface area contributed by atoms with Gasteiger partial charge in [-0.1, -0.05) is 0 Å². The van der Waals surface area contributed by atoms with Gasteiger partial charge in [-0.3, -0.25) is 4.79 Å². The van der Waals surface area contributed by atoms with Gasteiger partial charge in [0.15, 0.2) is 0 Å². The first kappa shape index (κ1) is 16.5. The number of nitrogens with zero attached hydrogens (tertiary/aromatic N) is 4. The molecule has 1 aliphatic heterocycles. The lowest BCUT2D eigenvalue weighted by Crippen LogP contribution is -2.38. The molecular formula is C19H16N4O2. The lowest BCUT2D eigenvalue weighted by atomic mass is 9.97. The first-order chi connectivity index (χ1) is 12.2. The van der Waals surface area contributed by atoms with Crippen molar-refractivity contribution in [2.75, 3.05) is 18.0 Å². The van der Waals surface area contributed by atoms with E-state index < -0.39 is 0 Å². The highest BCUT2D eigenvalue weighted by Crippen LogP contribution is 2.24. The third-order valence-corrected chi connectivity index (χ3v) is 4.23. The molecule has 0 unspecified atom stereocenters. The fraction of sp³-hybridized carbons (Fsp3) is 0.263. The summed E-state index contributed by atoms with van der Waals surface area (Å²) in [6, 6.07) is 14.2. The third kappa shape index (κ3) is 3.94. The van der Waals surface area contributed by atoms with Crippen molar-refractivity contribution in [1.29, 1.82) is 10.5 Å². The summed E-state index contributed by atoms with van der Waals surface area (Å²) in [6.45, 7) is 1.43. The number of hydrogen-bond donors (Lipinski definition) is 0. The monoisotopic (exact) mass is 332 g/mol. The van der Waals surface area contributed by atoms with Crippen molar-refractivity contribution in [1.82, 2.24) is 4.98 Å². The molecule has 0 N–H and O–H groups in total. The van der Waals surface area contributed by atoms with Gasteiger partial charge in [0, 0.05) is 19.3 Å². The number of rotatable bonds is 3. The molecule has 2 heterocycles. The van der Waals surface area contributed by atoms with E-state index in [4.69, 9.17) is 15.3 Å². The van der Waals surface area contributed by atoms with E-state index in [0.717, 1.165) is 5.82 Å². The number of aromatic nitrogens is 1. The Morgan fingerprint density at radius 1 is 1.04 bits per heavy atom. The summed E-state index contributed by atoms with van der Waals surface area (Å²) in [6.07, 6.45) is 2.94. The van der Waals surface area contributed by atoms with Gasteiger partial charge in [-0.15, -0.1) is 0 Å². The summed E-state index contributed by atoms with van der Waals surface area (Å²) in [4.78, 5) is 18.7. The maximum Gasteiger partial charge on any atom is 0.314 e. The zero-order valence-corrected chi connectivity index (χ0v) is 13.6. The SMILES string of the molecule is N#Cc1ccc(OC(=O)C2CCN(c3ccc(C#N)cn3)CC2)cc1. The van der Waals surface area contributed by atoms with Crippen LogP contribution < -0.4 is 9.64 Å². The minimum absolute atomic E-state index is 0.148. The molecule has 0 atom stereocenters. The molecule has 3 rings (SSSR count). The molecule has 6 heteroatoms. The number of carbonyl (C=O) groups is 1. The third-order valence-electron chi connectivity index (χ3n) is 4.23. The highest BCUT2D eigenvalue weighted by atomic mass is 16.5. The van der Waals surface area contributed by atoms with E-state index in [2.05, 4.69) is 9.88 Å². The molecule has 2 aromatic rings. The summed E-state index contributed by atoms with van der Waals surface area (Å²) < 4.78 is 5.41.